The van der Waals surface area contributed by atoms with Crippen molar-refractivity contribution in [3.63, 3.8) is 0 Å². The summed E-state index contributed by atoms with van der Waals surface area (Å²) in [5, 5.41) is 3.42. The number of nitrogens with zero attached hydrogens (tertiary/aromatic N) is 2. The third-order valence-corrected chi connectivity index (χ3v) is 4.78. The Kier molecular flexibility index (Phi) is 4.55. The Bertz CT molecular complexity index is 907. The minimum Gasteiger partial charge on any atom is -0.492 e. The molecule has 1 fully saturated rings. The Labute approximate surface area is 153 Å². The number of aromatic nitrogens is 3. The number of benzene rings is 1. The maximum atomic E-state index is 13.3. The Morgan fingerprint density at radius 3 is 2.85 bits per heavy atom. The molecule has 0 aliphatic carbocycles. The van der Waals surface area contributed by atoms with Gasteiger partial charge in [0.2, 0.25) is 0 Å². The molecule has 0 spiro atoms. The highest BCUT2D eigenvalue weighted by Gasteiger charge is 2.35. The zero-order valence-corrected chi connectivity index (χ0v) is 14.6. The molecule has 1 aliphatic rings. The van der Waals surface area contributed by atoms with Crippen molar-refractivity contribution in [3.05, 3.63) is 42.4 Å². The Hall–Kier alpha value is -2.55. The van der Waals surface area contributed by atoms with Crippen LogP contribution in [-0.2, 0) is 6.18 Å². The van der Waals surface area contributed by atoms with E-state index in [9.17, 15) is 13.2 Å². The van der Waals surface area contributed by atoms with Crippen molar-refractivity contribution in [2.24, 2.45) is 0 Å². The molecule has 1 aliphatic heterocycles. The van der Waals surface area contributed by atoms with Gasteiger partial charge in [-0.15, -0.1) is 0 Å². The molecule has 2 N–H and O–H groups in total. The van der Waals surface area contributed by atoms with Crippen LogP contribution in [0.4, 0.5) is 13.2 Å². The molecule has 2 aromatic heterocycles. The fourth-order valence-electron chi connectivity index (χ4n) is 3.68. The quantitative estimate of drug-likeness (QED) is 0.719. The molecule has 3 unspecified atom stereocenters. The van der Waals surface area contributed by atoms with Crippen LogP contribution in [-0.4, -0.2) is 33.6 Å². The van der Waals surface area contributed by atoms with Crippen molar-refractivity contribution in [3.8, 4) is 5.75 Å². The second-order valence-electron chi connectivity index (χ2n) is 6.88. The summed E-state index contributed by atoms with van der Waals surface area (Å²) in [5.74, 6) is 1.00. The molecule has 144 valence electrons. The molecule has 0 amide bonds. The van der Waals surface area contributed by atoms with Crippen molar-refractivity contribution in [2.75, 3.05) is 6.61 Å². The van der Waals surface area contributed by atoms with Gasteiger partial charge in [0.25, 0.3) is 0 Å². The summed E-state index contributed by atoms with van der Waals surface area (Å²) in [6.07, 6.45) is 1.53. The van der Waals surface area contributed by atoms with Gasteiger partial charge in [0, 0.05) is 24.1 Å². The van der Waals surface area contributed by atoms with Gasteiger partial charge in [0.05, 0.1) is 23.6 Å². The van der Waals surface area contributed by atoms with Crippen LogP contribution in [0.15, 0.2) is 35.3 Å². The zero-order valence-electron chi connectivity index (χ0n) is 14.6. The van der Waals surface area contributed by atoms with Gasteiger partial charge in [-0.05, 0) is 25.8 Å². The number of imidazole rings is 1. The summed E-state index contributed by atoms with van der Waals surface area (Å²) in [4.78, 5) is 10.7. The molecule has 27 heavy (non-hydrogen) atoms. The first-order valence-electron chi connectivity index (χ1n) is 8.72. The lowest BCUT2D eigenvalue weighted by atomic mass is 9.88. The maximum absolute atomic E-state index is 13.3. The fraction of sp³-hybridized carbons (Fsp3) is 0.444. The van der Waals surface area contributed by atoms with Crippen molar-refractivity contribution in [1.29, 1.82) is 0 Å². The summed E-state index contributed by atoms with van der Waals surface area (Å²) < 4.78 is 51.0. The molecule has 4 rings (SSSR count). The normalized spacial score (nSPS) is 23.6. The van der Waals surface area contributed by atoms with Gasteiger partial charge in [0.1, 0.15) is 24.1 Å². The number of hydrogen-bond acceptors (Lipinski definition) is 5. The maximum Gasteiger partial charge on any atom is 0.418 e. The topological polar surface area (TPSA) is 76.0 Å². The van der Waals surface area contributed by atoms with E-state index in [1.54, 1.807) is 12.5 Å². The highest BCUT2D eigenvalue weighted by Crippen LogP contribution is 2.36. The number of H-pyrrole nitrogens is 1. The smallest absolute Gasteiger partial charge is 0.418 e. The molecule has 0 radical (unpaired) electrons. The summed E-state index contributed by atoms with van der Waals surface area (Å²) >= 11 is 0. The van der Waals surface area contributed by atoms with Gasteiger partial charge in [-0.1, -0.05) is 0 Å². The predicted molar refractivity (Wildman–Crippen MR) is 91.5 cm³/mol. The van der Waals surface area contributed by atoms with Crippen LogP contribution >= 0.6 is 0 Å². The first-order chi connectivity index (χ1) is 12.9. The van der Waals surface area contributed by atoms with Crippen LogP contribution in [0.5, 0.6) is 5.75 Å². The van der Waals surface area contributed by atoms with Gasteiger partial charge >= 0.3 is 6.18 Å². The number of oxazole rings is 1. The van der Waals surface area contributed by atoms with E-state index in [-0.39, 0.29) is 35.9 Å². The van der Waals surface area contributed by atoms with E-state index in [1.807, 2.05) is 0 Å². The van der Waals surface area contributed by atoms with Crippen molar-refractivity contribution >= 4 is 11.0 Å². The largest absolute Gasteiger partial charge is 0.492 e. The minimum atomic E-state index is -4.50. The number of rotatable bonds is 4. The minimum absolute atomic E-state index is 0.0162. The van der Waals surface area contributed by atoms with Gasteiger partial charge < -0.3 is 19.5 Å². The summed E-state index contributed by atoms with van der Waals surface area (Å²) in [7, 11) is 0. The first-order valence-corrected chi connectivity index (χ1v) is 8.72. The van der Waals surface area contributed by atoms with E-state index in [0.29, 0.717) is 11.4 Å². The third-order valence-electron chi connectivity index (χ3n) is 4.78. The number of fused-ring (bicyclic) bond motifs is 1. The van der Waals surface area contributed by atoms with Crippen molar-refractivity contribution < 1.29 is 22.3 Å². The number of ether oxygens (including phenoxy) is 1. The lowest BCUT2D eigenvalue weighted by molar-refractivity contribution is -0.136. The van der Waals surface area contributed by atoms with E-state index < -0.39 is 11.7 Å². The highest BCUT2D eigenvalue weighted by molar-refractivity contribution is 5.80. The highest BCUT2D eigenvalue weighted by atomic mass is 19.4. The SMILES string of the molecule is CC1CC(c2ncco2)CC(COc2cc(C(F)(F)F)c3nc[nH]c3c2)N1. The lowest BCUT2D eigenvalue weighted by Gasteiger charge is -2.33. The van der Waals surface area contributed by atoms with E-state index in [1.165, 1.54) is 12.4 Å². The molecule has 6 nitrogen and oxygen atoms in total. The number of piperidine rings is 1. The average Bonchev–Trinajstić information content (AvgIpc) is 3.29. The number of alkyl halides is 3. The second kappa shape index (κ2) is 6.88. The molecule has 9 heteroatoms. The van der Waals surface area contributed by atoms with E-state index in [0.717, 1.165) is 18.9 Å². The van der Waals surface area contributed by atoms with Gasteiger partial charge in [-0.25, -0.2) is 9.97 Å². The van der Waals surface area contributed by atoms with Gasteiger partial charge in [0.15, 0.2) is 5.89 Å². The first kappa shape index (κ1) is 17.8. The van der Waals surface area contributed by atoms with Crippen LogP contribution in [0, 0.1) is 0 Å². The van der Waals surface area contributed by atoms with E-state index >= 15 is 0 Å². The summed E-state index contributed by atoms with van der Waals surface area (Å²) in [6, 6.07) is 2.75. The van der Waals surface area contributed by atoms with Crippen molar-refractivity contribution in [1.82, 2.24) is 20.3 Å². The van der Waals surface area contributed by atoms with Gasteiger partial charge in [-0.3, -0.25) is 0 Å². The van der Waals surface area contributed by atoms with Crippen LogP contribution < -0.4 is 10.1 Å². The Balaban J connectivity index is 1.49. The zero-order chi connectivity index (χ0) is 19.0. The number of nitrogens with one attached hydrogen (secondary N) is 2. The predicted octanol–water partition coefficient (Wildman–Crippen LogP) is 3.87. The molecule has 0 saturated carbocycles. The standard InChI is InChI=1S/C18H19F3N4O2/c1-10-4-11(17-22-2-3-26-17)5-12(25-10)8-27-13-6-14(18(19,20)21)16-15(7-13)23-9-24-16/h2-3,6-7,9-12,25H,4-5,8H2,1H3,(H,23,24). The molecule has 1 saturated heterocycles. The summed E-state index contributed by atoms with van der Waals surface area (Å²) in [5.41, 5.74) is -0.621. The number of halogens is 3. The van der Waals surface area contributed by atoms with Crippen LogP contribution in [0.1, 0.15) is 37.1 Å². The molecule has 0 bridgehead atoms. The van der Waals surface area contributed by atoms with Crippen LogP contribution in [0.2, 0.25) is 0 Å². The Morgan fingerprint density at radius 1 is 1.26 bits per heavy atom. The van der Waals surface area contributed by atoms with Crippen LogP contribution in [0.3, 0.4) is 0 Å². The van der Waals surface area contributed by atoms with E-state index in [4.69, 9.17) is 9.15 Å². The molecular weight excluding hydrogens is 361 g/mol. The molecular formula is C18H19F3N4O2. The molecule has 3 aromatic rings. The van der Waals surface area contributed by atoms with Crippen LogP contribution in [0.25, 0.3) is 11.0 Å². The fourth-order valence-corrected chi connectivity index (χ4v) is 3.68. The number of aromatic amines is 1. The molecule has 3 atom stereocenters. The van der Waals surface area contributed by atoms with E-state index in [2.05, 4.69) is 27.2 Å². The lowest BCUT2D eigenvalue weighted by Crippen LogP contribution is -2.46. The monoisotopic (exact) mass is 380 g/mol. The van der Waals surface area contributed by atoms with Crippen molar-refractivity contribution in [2.45, 2.75) is 43.9 Å². The third kappa shape index (κ3) is 3.78. The summed E-state index contributed by atoms with van der Waals surface area (Å²) in [6.45, 7) is 2.30. The second-order valence-corrected chi connectivity index (χ2v) is 6.88. The molecule has 1 aromatic carbocycles. The number of hydrogen-bond donors (Lipinski definition) is 2. The molecule has 3 heterocycles. The Morgan fingerprint density at radius 2 is 2.11 bits per heavy atom. The average molecular weight is 380 g/mol. The van der Waals surface area contributed by atoms with Gasteiger partial charge in [-0.2, -0.15) is 13.2 Å².